The van der Waals surface area contributed by atoms with Crippen molar-refractivity contribution in [1.82, 2.24) is 14.2 Å². The summed E-state index contributed by atoms with van der Waals surface area (Å²) in [5.74, 6) is 0.662. The van der Waals surface area contributed by atoms with Crippen molar-refractivity contribution in [2.45, 2.75) is 122 Å². The Kier molecular flexibility index (Phi) is 17.5. The van der Waals surface area contributed by atoms with Crippen molar-refractivity contribution >= 4 is 22.8 Å². The number of rotatable bonds is 21. The maximum Gasteiger partial charge on any atom is 0.330 e. The van der Waals surface area contributed by atoms with Gasteiger partial charge in [-0.3, -0.25) is 19.1 Å². The zero-order valence-electron chi connectivity index (χ0n) is 39.7. The van der Waals surface area contributed by atoms with Gasteiger partial charge in [-0.1, -0.05) is 75.4 Å². The molecule has 1 unspecified atom stereocenters. The highest BCUT2D eigenvalue weighted by atomic mass is 31.2. The van der Waals surface area contributed by atoms with Crippen LogP contribution in [0, 0.1) is 11.3 Å². The Morgan fingerprint density at radius 3 is 1.92 bits per heavy atom. The lowest BCUT2D eigenvalue weighted by atomic mass is 9.80. The Labute approximate surface area is 385 Å². The van der Waals surface area contributed by atoms with E-state index in [1.165, 1.54) is 17.9 Å². The number of carbonyl (C=O) groups excluding carboxylic acids is 1. The fraction of sp³-hybridized carbons (Fsp3) is 0.500. The first-order valence-electron chi connectivity index (χ1n) is 21.8. The highest BCUT2D eigenvalue weighted by Gasteiger charge is 2.54. The number of carbonyl (C=O) groups is 1. The third-order valence-electron chi connectivity index (χ3n) is 11.9. The molecule has 1 aliphatic rings. The number of esters is 1. The number of methoxy groups -OCH3 is 3. The zero-order valence-corrected chi connectivity index (χ0v) is 41.5. The zero-order chi connectivity index (χ0) is 47.7. The lowest BCUT2D eigenvalue weighted by Crippen LogP contribution is -2.51. The summed E-state index contributed by atoms with van der Waals surface area (Å²) in [5.41, 5.74) is -0.381. The number of nitriles is 1. The van der Waals surface area contributed by atoms with E-state index in [0.29, 0.717) is 11.5 Å². The molecular formula is C48H65N4O11PSi. The summed E-state index contributed by atoms with van der Waals surface area (Å²) < 4.78 is 55.0. The number of hydrogen-bond donors (Lipinski definition) is 1. The number of hydrogen-bond acceptors (Lipinski definition) is 13. The standard InChI is InChI=1S/C48H65N4O11PSi/c1-32(2)52(33(3)4)64(60-28-16-27-49)62-42-40(61-45(43(42)63-65(11,12)47(5,6)7)51-30-34(29-41(53)58-10)44(54)50-46(51)55)31-59-48(35-17-14-13-15-18-35,36-19-23-38(56-8)24-20-36)37-21-25-39(57-9)26-22-37/h13-15,17-26,30,32-33,40,42-43,45H,16,28-29,31H2,1-12H3,(H,50,54,55)/t40-,42-,43-,45-,64?/m1/s1. The van der Waals surface area contributed by atoms with Crippen LogP contribution < -0.4 is 20.7 Å². The van der Waals surface area contributed by atoms with Gasteiger partial charge in [0.15, 0.2) is 14.5 Å². The molecule has 65 heavy (non-hydrogen) atoms. The van der Waals surface area contributed by atoms with Crippen LogP contribution in [0.25, 0.3) is 0 Å². The maximum absolute atomic E-state index is 14.0. The smallest absolute Gasteiger partial charge is 0.330 e. The van der Waals surface area contributed by atoms with Gasteiger partial charge in [0.05, 0.1) is 53.5 Å². The number of nitrogens with zero attached hydrogens (tertiary/aromatic N) is 3. The van der Waals surface area contributed by atoms with E-state index in [2.05, 4.69) is 49.6 Å². The first-order chi connectivity index (χ1) is 30.8. The Bertz CT molecular complexity index is 2270. The van der Waals surface area contributed by atoms with E-state index < -0.39 is 70.6 Å². The molecule has 352 valence electrons. The number of ether oxygens (including phenoxy) is 5. The minimum Gasteiger partial charge on any atom is -0.497 e. The van der Waals surface area contributed by atoms with E-state index in [1.54, 1.807) is 14.2 Å². The van der Waals surface area contributed by atoms with Gasteiger partial charge in [0.25, 0.3) is 14.1 Å². The number of benzene rings is 3. The third-order valence-corrected chi connectivity index (χ3v) is 18.5. The van der Waals surface area contributed by atoms with Crippen LogP contribution in [0.4, 0.5) is 0 Å². The Balaban J connectivity index is 1.78. The lowest BCUT2D eigenvalue weighted by molar-refractivity contribution is -0.139. The molecular weight excluding hydrogens is 868 g/mol. The summed E-state index contributed by atoms with van der Waals surface area (Å²) in [6.07, 6.45) is -3.04. The van der Waals surface area contributed by atoms with Crippen molar-refractivity contribution < 1.29 is 42.0 Å². The molecule has 0 amide bonds. The second-order valence-electron chi connectivity index (χ2n) is 17.9. The molecule has 1 aliphatic heterocycles. The van der Waals surface area contributed by atoms with Crippen LogP contribution in [-0.2, 0) is 44.5 Å². The SMILES string of the molecule is COC(=O)Cc1cn([C@@H]2O[C@H](COC(c3ccccc3)(c3ccc(OC)cc3)c3ccc(OC)cc3)[C@@H](OP(OCCC#N)N(C(C)C)C(C)C)[C@H]2O[Si](C)(C)C(C)(C)C)c(=O)[nH]c1=O. The summed E-state index contributed by atoms with van der Waals surface area (Å²) in [7, 11) is -0.209. The minimum atomic E-state index is -2.75. The molecule has 1 fully saturated rings. The average Bonchev–Trinajstić information content (AvgIpc) is 3.59. The molecule has 0 radical (unpaired) electrons. The Morgan fingerprint density at radius 1 is 0.877 bits per heavy atom. The van der Waals surface area contributed by atoms with Gasteiger partial charge in [-0.2, -0.15) is 5.26 Å². The number of aromatic nitrogens is 2. The largest absolute Gasteiger partial charge is 0.497 e. The van der Waals surface area contributed by atoms with Crippen molar-refractivity contribution in [3.63, 3.8) is 0 Å². The Hall–Kier alpha value is -4.69. The molecule has 5 atom stereocenters. The lowest BCUT2D eigenvalue weighted by Gasteiger charge is -2.42. The van der Waals surface area contributed by atoms with Crippen LogP contribution in [0.15, 0.2) is 94.6 Å². The van der Waals surface area contributed by atoms with Crippen LogP contribution >= 0.6 is 8.53 Å². The first kappa shape index (κ1) is 51.3. The summed E-state index contributed by atoms with van der Waals surface area (Å²) in [6, 6.07) is 27.3. The highest BCUT2D eigenvalue weighted by molar-refractivity contribution is 7.44. The van der Waals surface area contributed by atoms with E-state index >= 15 is 0 Å². The summed E-state index contributed by atoms with van der Waals surface area (Å²) in [6.45, 7) is 18.7. The van der Waals surface area contributed by atoms with Gasteiger partial charge in [-0.05, 0) is 86.8 Å². The van der Waals surface area contributed by atoms with Crippen molar-refractivity contribution in [1.29, 1.82) is 5.26 Å². The second-order valence-corrected chi connectivity index (χ2v) is 24.1. The first-order valence-corrected chi connectivity index (χ1v) is 25.8. The molecule has 5 rings (SSSR count). The molecule has 1 saturated heterocycles. The monoisotopic (exact) mass is 932 g/mol. The average molecular weight is 933 g/mol. The van der Waals surface area contributed by atoms with Gasteiger partial charge >= 0.3 is 11.7 Å². The van der Waals surface area contributed by atoms with Gasteiger partial charge in [-0.25, -0.2) is 9.46 Å². The van der Waals surface area contributed by atoms with E-state index in [-0.39, 0.29) is 42.3 Å². The number of aromatic amines is 1. The predicted octanol–water partition coefficient (Wildman–Crippen LogP) is 8.23. The van der Waals surface area contributed by atoms with Gasteiger partial charge in [-0.15, -0.1) is 0 Å². The minimum absolute atomic E-state index is 0.00159. The molecule has 0 aliphatic carbocycles. The highest BCUT2D eigenvalue weighted by Crippen LogP contribution is 2.52. The summed E-state index contributed by atoms with van der Waals surface area (Å²) in [5, 5.41) is 9.25. The molecule has 2 heterocycles. The van der Waals surface area contributed by atoms with Gasteiger partial charge in [0.2, 0.25) is 0 Å². The molecule has 17 heteroatoms. The topological polar surface area (TPSA) is 173 Å². The summed E-state index contributed by atoms with van der Waals surface area (Å²) in [4.78, 5) is 42.1. The van der Waals surface area contributed by atoms with Crippen LogP contribution in [-0.4, -0.2) is 93.4 Å². The van der Waals surface area contributed by atoms with Crippen LogP contribution in [0.1, 0.15) is 83.4 Å². The van der Waals surface area contributed by atoms with Gasteiger partial charge in [0, 0.05) is 23.8 Å². The normalized spacial score (nSPS) is 18.5. The fourth-order valence-corrected chi connectivity index (χ4v) is 10.6. The van der Waals surface area contributed by atoms with E-state index in [1.807, 2.05) is 107 Å². The van der Waals surface area contributed by atoms with Crippen molar-refractivity contribution in [3.05, 3.63) is 128 Å². The molecule has 3 aromatic carbocycles. The Morgan fingerprint density at radius 2 is 1.43 bits per heavy atom. The van der Waals surface area contributed by atoms with Crippen LogP contribution in [0.3, 0.4) is 0 Å². The quantitative estimate of drug-likeness (QED) is 0.0279. The molecule has 4 aromatic rings. The van der Waals surface area contributed by atoms with Crippen molar-refractivity contribution in [2.75, 3.05) is 34.5 Å². The van der Waals surface area contributed by atoms with Crippen molar-refractivity contribution in [3.8, 4) is 17.6 Å². The summed E-state index contributed by atoms with van der Waals surface area (Å²) >= 11 is 0. The van der Waals surface area contributed by atoms with Gasteiger partial charge < -0.3 is 37.2 Å². The molecule has 1 aromatic heterocycles. The second kappa shape index (κ2) is 22.2. The van der Waals surface area contributed by atoms with Gasteiger partial charge in [0.1, 0.15) is 35.4 Å². The molecule has 1 N–H and O–H groups in total. The third kappa shape index (κ3) is 11.8. The number of H-pyrrole nitrogens is 1. The maximum atomic E-state index is 14.0. The van der Waals surface area contributed by atoms with E-state index in [9.17, 15) is 19.6 Å². The molecule has 0 saturated carbocycles. The predicted molar refractivity (Wildman–Crippen MR) is 251 cm³/mol. The fourth-order valence-electron chi connectivity index (χ4n) is 7.59. The van der Waals surface area contributed by atoms with Crippen LogP contribution in [0.5, 0.6) is 11.5 Å². The van der Waals surface area contributed by atoms with Crippen LogP contribution in [0.2, 0.25) is 18.1 Å². The van der Waals surface area contributed by atoms with E-state index in [0.717, 1.165) is 16.7 Å². The molecule has 0 bridgehead atoms. The van der Waals surface area contributed by atoms with E-state index in [4.69, 9.17) is 37.2 Å². The molecule has 15 nitrogen and oxygen atoms in total. The van der Waals surface area contributed by atoms with Crippen molar-refractivity contribution in [2.24, 2.45) is 0 Å². The molecule has 0 spiro atoms. The number of nitrogens with one attached hydrogen (secondary N) is 1.